The van der Waals surface area contributed by atoms with E-state index in [1.165, 1.54) is 49.4 Å². The van der Waals surface area contributed by atoms with Gasteiger partial charge in [-0.05, 0) is 214 Å². The number of alkyl halides is 3. The van der Waals surface area contributed by atoms with Gasteiger partial charge in [0.2, 0.25) is 0 Å². The fourth-order valence-corrected chi connectivity index (χ4v) is 11.0. The lowest BCUT2D eigenvalue weighted by Crippen LogP contribution is -2.25. The van der Waals surface area contributed by atoms with E-state index in [1.54, 1.807) is 11.8 Å². The first-order valence-corrected chi connectivity index (χ1v) is 22.0. The molecule has 6 aromatic rings. The maximum atomic E-state index is 13.4. The van der Waals surface area contributed by atoms with Crippen molar-refractivity contribution in [3.8, 4) is 55.6 Å². The maximum Gasteiger partial charge on any atom is 0.490 e. The lowest BCUT2D eigenvalue weighted by Gasteiger charge is -2.25. The highest BCUT2D eigenvalue weighted by molar-refractivity contribution is 7.99. The van der Waals surface area contributed by atoms with Crippen LogP contribution in [0.2, 0.25) is 0 Å². The summed E-state index contributed by atoms with van der Waals surface area (Å²) in [7, 11) is 0. The second-order valence-corrected chi connectivity index (χ2v) is 18.0. The fraction of sp³-hybridized carbons (Fsp3) is 0.288. The summed E-state index contributed by atoms with van der Waals surface area (Å²) in [5, 5.41) is 0. The van der Waals surface area contributed by atoms with Crippen molar-refractivity contribution in [1.29, 1.82) is 0 Å². The molecule has 0 bridgehead atoms. The van der Waals surface area contributed by atoms with Crippen molar-refractivity contribution in [3.05, 3.63) is 140 Å². The summed E-state index contributed by atoms with van der Waals surface area (Å²) in [5.41, 5.74) is 24.2. The van der Waals surface area contributed by atoms with Gasteiger partial charge >= 0.3 is 12.1 Å². The van der Waals surface area contributed by atoms with Gasteiger partial charge in [-0.25, -0.2) is 4.79 Å². The van der Waals surface area contributed by atoms with Crippen molar-refractivity contribution < 1.29 is 22.7 Å². The van der Waals surface area contributed by atoms with Crippen LogP contribution in [0.15, 0.2) is 82.6 Å². The molecule has 7 heteroatoms. The SMILES string of the molecule is CSc1c(-c2c(C)cc(C)cc2C)cc(-c2cc(-c3c(C)cc(C)cc3C)c(SCOC(=O)C(F)(F)F)c(-c3c(C)cc(C)cc3C)c2)cc1-c1c(C)cc(C)cc1C. The summed E-state index contributed by atoms with van der Waals surface area (Å²) in [6, 6.07) is 26.6. The summed E-state index contributed by atoms with van der Waals surface area (Å²) in [6.07, 6.45) is -2.94. The lowest BCUT2D eigenvalue weighted by atomic mass is 9.84. The Bertz CT molecular complexity index is 2400. The van der Waals surface area contributed by atoms with Crippen LogP contribution < -0.4 is 0 Å². The highest BCUT2D eigenvalue weighted by Crippen LogP contribution is 2.50. The van der Waals surface area contributed by atoms with Crippen LogP contribution >= 0.6 is 23.5 Å². The van der Waals surface area contributed by atoms with Gasteiger partial charge in [0, 0.05) is 9.79 Å². The molecule has 6 rings (SSSR count). The Morgan fingerprint density at radius 3 is 0.949 bits per heavy atom. The monoisotopic (exact) mass is 830 g/mol. The van der Waals surface area contributed by atoms with E-state index in [9.17, 15) is 18.0 Å². The molecule has 0 saturated heterocycles. The Kier molecular flexibility index (Phi) is 12.7. The number of esters is 1. The Morgan fingerprint density at radius 1 is 0.458 bits per heavy atom. The molecule has 0 aliphatic rings. The Balaban J connectivity index is 1.79. The van der Waals surface area contributed by atoms with Gasteiger partial charge < -0.3 is 4.74 Å². The molecule has 0 heterocycles. The third-order valence-corrected chi connectivity index (χ3v) is 12.9. The van der Waals surface area contributed by atoms with Crippen molar-refractivity contribution in [3.63, 3.8) is 0 Å². The quantitative estimate of drug-likeness (QED) is 0.0824. The van der Waals surface area contributed by atoms with Gasteiger partial charge in [-0.15, -0.1) is 11.8 Å². The number of carbonyl (C=O) groups is 1. The normalized spacial score (nSPS) is 11.7. The van der Waals surface area contributed by atoms with E-state index in [4.69, 9.17) is 4.74 Å². The Hall–Kier alpha value is -4.72. The molecule has 0 N–H and O–H groups in total. The van der Waals surface area contributed by atoms with E-state index in [1.807, 2.05) is 0 Å². The predicted octanol–water partition coefficient (Wildman–Crippen LogP) is 15.6. The van der Waals surface area contributed by atoms with Crippen LogP contribution in [-0.4, -0.2) is 24.3 Å². The van der Waals surface area contributed by atoms with Gasteiger partial charge in [0.1, 0.15) is 5.94 Å². The van der Waals surface area contributed by atoms with Crippen LogP contribution in [0.4, 0.5) is 13.2 Å². The van der Waals surface area contributed by atoms with Gasteiger partial charge in [0.25, 0.3) is 0 Å². The van der Waals surface area contributed by atoms with Crippen LogP contribution in [0.25, 0.3) is 55.6 Å². The van der Waals surface area contributed by atoms with E-state index >= 15 is 0 Å². The molecule has 0 atom stereocenters. The molecule has 0 fully saturated rings. The highest BCUT2D eigenvalue weighted by atomic mass is 32.2. The minimum absolute atomic E-state index is 0.500. The van der Waals surface area contributed by atoms with Crippen LogP contribution in [0.5, 0.6) is 0 Å². The Labute approximate surface area is 357 Å². The summed E-state index contributed by atoms with van der Waals surface area (Å²) in [5.74, 6) is -2.70. The maximum absolute atomic E-state index is 13.4. The van der Waals surface area contributed by atoms with Gasteiger partial charge in [0.05, 0.1) is 0 Å². The summed E-state index contributed by atoms with van der Waals surface area (Å²) >= 11 is 2.89. The van der Waals surface area contributed by atoms with Crippen LogP contribution in [0.3, 0.4) is 0 Å². The largest absolute Gasteiger partial charge is 0.490 e. The number of hydrogen-bond donors (Lipinski definition) is 0. The molecule has 2 nitrogen and oxygen atoms in total. The molecule has 0 spiro atoms. The minimum Gasteiger partial charge on any atom is -0.448 e. The standard InChI is InChI=1S/C52H53F3O2S2/c1-27-14-31(5)45(32(6)15-27)41-22-39(23-42(49(41)58-13)46-33(7)16-28(2)17-34(46)8)40-24-43(47-35(9)18-29(3)19-36(47)10)50(59-26-57-51(56)52(53,54)55)44(25-40)48-37(11)20-30(4)21-38(48)12/h14-25H,26H2,1-13H3. The van der Waals surface area contributed by atoms with Crippen molar-refractivity contribution >= 4 is 29.5 Å². The second-order valence-electron chi connectivity index (χ2n) is 16.3. The predicted molar refractivity (Wildman–Crippen MR) is 245 cm³/mol. The molecule has 0 aromatic heterocycles. The van der Waals surface area contributed by atoms with Gasteiger partial charge in [-0.1, -0.05) is 82.5 Å². The van der Waals surface area contributed by atoms with Crippen molar-refractivity contribution in [2.75, 3.05) is 12.2 Å². The van der Waals surface area contributed by atoms with E-state index in [-0.39, 0.29) is 0 Å². The average molecular weight is 831 g/mol. The summed E-state index contributed by atoms with van der Waals surface area (Å²) in [6.45, 7) is 25.5. The molecular formula is C52H53F3O2S2. The average Bonchev–Trinajstić information content (AvgIpc) is 3.10. The number of aryl methyl sites for hydroxylation is 12. The second kappa shape index (κ2) is 17.1. The topological polar surface area (TPSA) is 26.3 Å². The number of benzene rings is 6. The van der Waals surface area contributed by atoms with Crippen LogP contribution in [-0.2, 0) is 9.53 Å². The third-order valence-electron chi connectivity index (χ3n) is 11.1. The van der Waals surface area contributed by atoms with Gasteiger partial charge in [-0.3, -0.25) is 0 Å². The summed E-state index contributed by atoms with van der Waals surface area (Å²) < 4.78 is 45.1. The van der Waals surface area contributed by atoms with Crippen molar-refractivity contribution in [1.82, 2.24) is 0 Å². The zero-order valence-electron chi connectivity index (χ0n) is 36.4. The third kappa shape index (κ3) is 8.93. The van der Waals surface area contributed by atoms with Crippen molar-refractivity contribution in [2.45, 2.75) is 99.1 Å². The van der Waals surface area contributed by atoms with E-state index in [0.717, 1.165) is 94.5 Å². The molecular weight excluding hydrogens is 778 g/mol. The smallest absolute Gasteiger partial charge is 0.448 e. The zero-order chi connectivity index (χ0) is 43.2. The zero-order valence-corrected chi connectivity index (χ0v) is 38.0. The first-order chi connectivity index (χ1) is 27.7. The number of rotatable bonds is 9. The van der Waals surface area contributed by atoms with E-state index < -0.39 is 18.1 Å². The van der Waals surface area contributed by atoms with Gasteiger partial charge in [-0.2, -0.15) is 13.2 Å². The molecule has 0 aliphatic carbocycles. The minimum atomic E-state index is -5.09. The number of carbonyl (C=O) groups excluding carboxylic acids is 1. The molecule has 0 amide bonds. The van der Waals surface area contributed by atoms with E-state index in [2.05, 4.69) is 162 Å². The fourth-order valence-electron chi connectivity index (χ4n) is 9.35. The molecule has 0 aliphatic heterocycles. The number of halogens is 3. The molecule has 0 unspecified atom stereocenters. The first kappa shape index (κ1) is 43.8. The van der Waals surface area contributed by atoms with E-state index in [0.29, 0.717) is 0 Å². The number of hydrogen-bond acceptors (Lipinski definition) is 4. The highest BCUT2D eigenvalue weighted by Gasteiger charge is 2.41. The lowest BCUT2D eigenvalue weighted by molar-refractivity contribution is -0.197. The molecule has 59 heavy (non-hydrogen) atoms. The Morgan fingerprint density at radius 2 is 0.712 bits per heavy atom. The van der Waals surface area contributed by atoms with Crippen LogP contribution in [0.1, 0.15) is 66.8 Å². The number of ether oxygens (including phenoxy) is 1. The molecule has 6 aromatic carbocycles. The molecule has 0 radical (unpaired) electrons. The number of thioether (sulfide) groups is 2. The summed E-state index contributed by atoms with van der Waals surface area (Å²) in [4.78, 5) is 14.0. The van der Waals surface area contributed by atoms with Crippen LogP contribution in [0, 0.1) is 83.1 Å². The van der Waals surface area contributed by atoms with Gasteiger partial charge in [0.15, 0.2) is 0 Å². The molecule has 0 saturated carbocycles. The van der Waals surface area contributed by atoms with Crippen molar-refractivity contribution in [2.24, 2.45) is 0 Å². The molecule has 306 valence electrons. The first-order valence-electron chi connectivity index (χ1n) is 19.8.